The molecule has 14 heteroatoms. The Morgan fingerprint density at radius 1 is 0.617 bits per heavy atom. The molecule has 0 aliphatic carbocycles. The number of ketones is 2. The zero-order valence-corrected chi connectivity index (χ0v) is 27.9. The van der Waals surface area contributed by atoms with Gasteiger partial charge in [0.2, 0.25) is 23.6 Å². The van der Waals surface area contributed by atoms with E-state index in [1.807, 2.05) is 30.3 Å². The molecule has 1 rings (SSSR count). The summed E-state index contributed by atoms with van der Waals surface area (Å²) in [4.78, 5) is 71.4. The number of aryl methyl sites for hydroxylation is 1. The zero-order chi connectivity index (χ0) is 34.7. The first-order chi connectivity index (χ1) is 22.6. The van der Waals surface area contributed by atoms with Crippen molar-refractivity contribution in [1.29, 1.82) is 0 Å². The van der Waals surface area contributed by atoms with Crippen LogP contribution in [-0.2, 0) is 54.1 Å². The summed E-state index contributed by atoms with van der Waals surface area (Å²) in [6.07, 6.45) is 1.56. The van der Waals surface area contributed by atoms with Gasteiger partial charge in [-0.05, 0) is 25.3 Å². The topological polar surface area (TPSA) is 187 Å². The molecule has 264 valence electrons. The van der Waals surface area contributed by atoms with Crippen LogP contribution in [0.3, 0.4) is 0 Å². The molecule has 0 fully saturated rings. The van der Waals surface area contributed by atoms with Crippen LogP contribution >= 0.6 is 0 Å². The molecule has 4 amide bonds. The van der Waals surface area contributed by atoms with Crippen molar-refractivity contribution in [3.63, 3.8) is 0 Å². The van der Waals surface area contributed by atoms with E-state index in [2.05, 4.69) is 21.3 Å². The molecule has 14 nitrogen and oxygen atoms in total. The molecule has 0 radical (unpaired) electrons. The molecule has 1 aromatic carbocycles. The summed E-state index contributed by atoms with van der Waals surface area (Å²) in [5.74, 6) is -1.90. The third-order valence-electron chi connectivity index (χ3n) is 6.57. The van der Waals surface area contributed by atoms with Gasteiger partial charge in [0, 0.05) is 31.7 Å². The lowest BCUT2D eigenvalue weighted by atomic mass is 9.96. The minimum atomic E-state index is -0.659. The van der Waals surface area contributed by atoms with Gasteiger partial charge in [-0.25, -0.2) is 0 Å². The highest BCUT2D eigenvalue weighted by molar-refractivity contribution is 5.92. The largest absolute Gasteiger partial charge is 0.379 e. The Balaban J connectivity index is 2.01. The van der Waals surface area contributed by atoms with Gasteiger partial charge < -0.3 is 45.0 Å². The Morgan fingerprint density at radius 2 is 1.15 bits per heavy atom. The monoisotopic (exact) mass is 664 g/mol. The van der Waals surface area contributed by atoms with Gasteiger partial charge in [-0.15, -0.1) is 0 Å². The molecule has 0 aliphatic heterocycles. The molecule has 0 saturated carbocycles. The zero-order valence-electron chi connectivity index (χ0n) is 27.9. The maximum absolute atomic E-state index is 12.6. The molecule has 4 N–H and O–H groups in total. The highest BCUT2D eigenvalue weighted by Crippen LogP contribution is 2.09. The fraction of sp³-hybridized carbons (Fsp3) is 0.636. The Morgan fingerprint density at radius 3 is 1.74 bits per heavy atom. The van der Waals surface area contributed by atoms with Gasteiger partial charge in [-0.1, -0.05) is 44.2 Å². The second kappa shape index (κ2) is 26.4. The van der Waals surface area contributed by atoms with Crippen LogP contribution in [0.5, 0.6) is 0 Å². The van der Waals surface area contributed by atoms with Crippen LogP contribution in [0.25, 0.3) is 0 Å². The van der Waals surface area contributed by atoms with Crippen LogP contribution < -0.4 is 21.3 Å². The van der Waals surface area contributed by atoms with Crippen molar-refractivity contribution in [3.8, 4) is 0 Å². The summed E-state index contributed by atoms with van der Waals surface area (Å²) >= 11 is 0. The predicted octanol–water partition coefficient (Wildman–Crippen LogP) is 0.503. The van der Waals surface area contributed by atoms with Gasteiger partial charge in [0.05, 0.1) is 72.0 Å². The summed E-state index contributed by atoms with van der Waals surface area (Å²) < 4.78 is 21.5. The van der Waals surface area contributed by atoms with Gasteiger partial charge in [0.25, 0.3) is 0 Å². The molecule has 0 aliphatic rings. The van der Waals surface area contributed by atoms with E-state index >= 15 is 0 Å². The number of nitrogens with one attached hydrogen (secondary N) is 4. The molecule has 0 spiro atoms. The third kappa shape index (κ3) is 23.3. The lowest BCUT2D eigenvalue weighted by molar-refractivity contribution is -0.130. The molecule has 1 aromatic rings. The Bertz CT molecular complexity index is 1080. The fourth-order valence-corrected chi connectivity index (χ4v) is 3.96. The molecule has 0 saturated heterocycles. The lowest BCUT2D eigenvalue weighted by Crippen LogP contribution is -2.48. The number of benzene rings is 1. The third-order valence-corrected chi connectivity index (χ3v) is 6.57. The molecule has 0 heterocycles. The number of hydrogen-bond acceptors (Lipinski definition) is 10. The first-order valence-electron chi connectivity index (χ1n) is 16.1. The minimum absolute atomic E-state index is 0.0192. The van der Waals surface area contributed by atoms with E-state index < -0.39 is 17.9 Å². The molecule has 0 bridgehead atoms. The first kappa shape index (κ1) is 41.3. The van der Waals surface area contributed by atoms with Gasteiger partial charge in [-0.3, -0.25) is 24.0 Å². The van der Waals surface area contributed by atoms with Crippen LogP contribution in [-0.4, -0.2) is 114 Å². The number of Topliss-reactive ketones (excluding diaryl/α,β-unsaturated/α-hetero) is 2. The van der Waals surface area contributed by atoms with Crippen molar-refractivity contribution in [3.05, 3.63) is 35.9 Å². The molecule has 47 heavy (non-hydrogen) atoms. The van der Waals surface area contributed by atoms with Crippen LogP contribution in [0.4, 0.5) is 0 Å². The molecular formula is C33H52N4O10. The summed E-state index contributed by atoms with van der Waals surface area (Å²) in [7, 11) is 0. The maximum Gasteiger partial charge on any atom is 0.239 e. The van der Waals surface area contributed by atoms with Crippen LogP contribution in [0.2, 0.25) is 0 Å². The number of hydrogen-bond donors (Lipinski definition) is 4. The fourth-order valence-electron chi connectivity index (χ4n) is 3.96. The smallest absolute Gasteiger partial charge is 0.239 e. The van der Waals surface area contributed by atoms with Crippen molar-refractivity contribution in [2.75, 3.05) is 72.5 Å². The minimum Gasteiger partial charge on any atom is -0.379 e. The summed E-state index contributed by atoms with van der Waals surface area (Å²) in [5.41, 5.74) is 1.06. The van der Waals surface area contributed by atoms with Crippen LogP contribution in [0, 0.1) is 5.92 Å². The lowest BCUT2D eigenvalue weighted by Gasteiger charge is -2.20. The predicted molar refractivity (Wildman–Crippen MR) is 173 cm³/mol. The van der Waals surface area contributed by atoms with Crippen molar-refractivity contribution in [1.82, 2.24) is 21.3 Å². The van der Waals surface area contributed by atoms with Gasteiger partial charge in [0.1, 0.15) is 5.78 Å². The Kier molecular flexibility index (Phi) is 23.2. The summed E-state index contributed by atoms with van der Waals surface area (Å²) in [6.45, 7) is 7.40. The highest BCUT2D eigenvalue weighted by atomic mass is 16.6. The van der Waals surface area contributed by atoms with Crippen molar-refractivity contribution in [2.45, 2.75) is 58.9 Å². The van der Waals surface area contributed by atoms with E-state index in [4.69, 9.17) is 18.9 Å². The number of amides is 4. The van der Waals surface area contributed by atoms with Crippen LogP contribution in [0.1, 0.15) is 52.0 Å². The van der Waals surface area contributed by atoms with E-state index in [0.717, 1.165) is 5.56 Å². The van der Waals surface area contributed by atoms with Gasteiger partial charge >= 0.3 is 0 Å². The van der Waals surface area contributed by atoms with E-state index in [9.17, 15) is 28.8 Å². The average Bonchev–Trinajstić information content (AvgIpc) is 3.05. The SMILES string of the molecule is CC(=O)CCC(=O)NCCOCCOCCOCCOCCC(=O)NCC(=O)NCC(=O)N[C@@H](CCc1ccccc1)C(=O)C(C)C. The van der Waals surface area contributed by atoms with E-state index in [1.54, 1.807) is 13.8 Å². The number of rotatable bonds is 28. The van der Waals surface area contributed by atoms with Crippen molar-refractivity contribution < 1.29 is 47.7 Å². The molecule has 0 unspecified atom stereocenters. The Labute approximate surface area is 277 Å². The number of carbonyl (C=O) groups excluding carboxylic acids is 6. The molecular weight excluding hydrogens is 612 g/mol. The second-order valence-electron chi connectivity index (χ2n) is 11.0. The Hall–Kier alpha value is -3.72. The average molecular weight is 665 g/mol. The normalized spacial score (nSPS) is 11.5. The van der Waals surface area contributed by atoms with Crippen LogP contribution in [0.15, 0.2) is 30.3 Å². The van der Waals surface area contributed by atoms with Gasteiger partial charge in [0.15, 0.2) is 5.78 Å². The summed E-state index contributed by atoms with van der Waals surface area (Å²) in [6, 6.07) is 9.02. The highest BCUT2D eigenvalue weighted by Gasteiger charge is 2.23. The van der Waals surface area contributed by atoms with E-state index in [-0.39, 0.29) is 74.9 Å². The molecule has 1 atom stereocenters. The van der Waals surface area contributed by atoms with E-state index in [0.29, 0.717) is 59.0 Å². The van der Waals surface area contributed by atoms with Crippen molar-refractivity contribution >= 4 is 35.2 Å². The quantitative estimate of drug-likeness (QED) is 0.0920. The van der Waals surface area contributed by atoms with E-state index in [1.165, 1.54) is 6.92 Å². The number of ether oxygens (including phenoxy) is 4. The van der Waals surface area contributed by atoms with Gasteiger partial charge in [-0.2, -0.15) is 0 Å². The summed E-state index contributed by atoms with van der Waals surface area (Å²) in [5, 5.41) is 10.3. The first-order valence-corrected chi connectivity index (χ1v) is 16.1. The number of carbonyl (C=O) groups is 6. The molecule has 0 aromatic heterocycles. The second-order valence-corrected chi connectivity index (χ2v) is 11.0. The van der Waals surface area contributed by atoms with Crippen molar-refractivity contribution in [2.24, 2.45) is 5.92 Å². The maximum atomic E-state index is 12.6. The standard InChI is InChI=1S/C33H52N4O10/c1-25(2)33(43)28(11-10-27-7-5-4-6-8-27)37-32(42)24-36-31(41)23-35-30(40)13-15-44-17-19-46-21-22-47-20-18-45-16-14-34-29(39)12-9-26(3)38/h4-8,25,28H,9-24H2,1-3H3,(H,34,39)(H,35,40)(H,36,41)(H,37,42)/t28-/m0/s1.